The van der Waals surface area contributed by atoms with E-state index in [1.54, 1.807) is 7.11 Å². The minimum atomic E-state index is -0.502. The number of nitrogens with zero attached hydrogens (tertiary/aromatic N) is 2. The summed E-state index contributed by atoms with van der Waals surface area (Å²) in [6.07, 6.45) is 3.49. The Bertz CT molecular complexity index is 536. The van der Waals surface area contributed by atoms with Crippen molar-refractivity contribution in [3.63, 3.8) is 0 Å². The van der Waals surface area contributed by atoms with Crippen molar-refractivity contribution in [3.05, 3.63) is 29.8 Å². The Morgan fingerprint density at radius 2 is 1.77 bits per heavy atom. The molecule has 0 spiro atoms. The van der Waals surface area contributed by atoms with Crippen LogP contribution in [0.3, 0.4) is 0 Å². The molecule has 1 aliphatic rings. The molecule has 1 saturated heterocycles. The van der Waals surface area contributed by atoms with E-state index in [2.05, 4.69) is 16.7 Å². The highest BCUT2D eigenvalue weighted by molar-refractivity contribution is 5.85. The number of hydrogen-bond acceptors (Lipinski definition) is 5. The second kappa shape index (κ2) is 13.2. The fraction of sp³-hybridized carbons (Fsp3) is 0.579. The summed E-state index contributed by atoms with van der Waals surface area (Å²) >= 11 is 0. The van der Waals surface area contributed by atoms with Crippen LogP contribution in [0.25, 0.3) is 6.08 Å². The molecule has 0 amide bonds. The average Bonchev–Trinajstić information content (AvgIpc) is 2.61. The first kappa shape index (κ1) is 25.0. The number of β-amino-alcohol motifs (C(OH)–C–C–N with tert-alkyl or cyclic N) is 1. The molecule has 1 unspecified atom stereocenters. The Balaban J connectivity index is 0.00000312. The van der Waals surface area contributed by atoms with E-state index in [1.165, 1.54) is 0 Å². The average molecular weight is 407 g/mol. The maximum Gasteiger partial charge on any atom is 0.161 e. The number of aliphatic hydroxyl groups is 1. The summed E-state index contributed by atoms with van der Waals surface area (Å²) in [5, 5.41) is 10.3. The van der Waals surface area contributed by atoms with Gasteiger partial charge in [-0.25, -0.2) is 0 Å². The van der Waals surface area contributed by atoms with Crippen molar-refractivity contribution in [2.45, 2.75) is 20.0 Å². The second-order valence-electron chi connectivity index (χ2n) is 6.11. The summed E-state index contributed by atoms with van der Waals surface area (Å²) in [4.78, 5) is 4.73. The van der Waals surface area contributed by atoms with Gasteiger partial charge in [0.25, 0.3) is 0 Å². The molecule has 0 saturated carbocycles. The monoisotopic (exact) mass is 406 g/mol. The third kappa shape index (κ3) is 7.72. The third-order valence-electron chi connectivity index (χ3n) is 4.36. The maximum atomic E-state index is 10.3. The number of methoxy groups -OCH3 is 1. The van der Waals surface area contributed by atoms with Gasteiger partial charge in [0, 0.05) is 32.7 Å². The van der Waals surface area contributed by atoms with Crippen molar-refractivity contribution in [3.8, 4) is 11.5 Å². The molecule has 1 aliphatic heterocycles. The highest BCUT2D eigenvalue weighted by Gasteiger charge is 2.18. The van der Waals surface area contributed by atoms with Gasteiger partial charge in [-0.3, -0.25) is 4.90 Å². The lowest BCUT2D eigenvalue weighted by Crippen LogP contribution is -2.49. The first-order chi connectivity index (χ1) is 11.7. The van der Waals surface area contributed by atoms with Crippen LogP contribution in [0.2, 0.25) is 0 Å². The Morgan fingerprint density at radius 3 is 2.35 bits per heavy atom. The Hall–Kier alpha value is -0.980. The zero-order chi connectivity index (χ0) is 17.4. The molecule has 1 heterocycles. The van der Waals surface area contributed by atoms with E-state index in [-0.39, 0.29) is 31.4 Å². The van der Waals surface area contributed by atoms with Gasteiger partial charge in [0.05, 0.1) is 7.11 Å². The van der Waals surface area contributed by atoms with Gasteiger partial charge in [-0.15, -0.1) is 24.8 Å². The molecule has 0 aromatic heterocycles. The number of piperazine rings is 1. The number of benzene rings is 1. The number of aliphatic hydroxyl groups excluding tert-OH is 1. The number of allylic oxidation sites excluding steroid dienone is 1. The lowest BCUT2D eigenvalue weighted by Gasteiger charge is -2.34. The summed E-state index contributed by atoms with van der Waals surface area (Å²) in [5.74, 6) is 1.36. The van der Waals surface area contributed by atoms with Gasteiger partial charge < -0.3 is 19.5 Å². The molecule has 1 aromatic carbocycles. The van der Waals surface area contributed by atoms with Crippen LogP contribution < -0.4 is 9.47 Å². The van der Waals surface area contributed by atoms with Crippen LogP contribution in [0, 0.1) is 0 Å². The van der Waals surface area contributed by atoms with E-state index >= 15 is 0 Å². The zero-order valence-electron chi connectivity index (χ0n) is 15.9. The summed E-state index contributed by atoms with van der Waals surface area (Å²) in [7, 11) is 1.63. The lowest BCUT2D eigenvalue weighted by molar-refractivity contribution is 0.0464. The van der Waals surface area contributed by atoms with Crippen molar-refractivity contribution in [1.29, 1.82) is 0 Å². The van der Waals surface area contributed by atoms with E-state index in [9.17, 15) is 5.11 Å². The van der Waals surface area contributed by atoms with Gasteiger partial charge >= 0.3 is 0 Å². The standard InChI is InChI=1S/C19H30N2O3.2ClH/c1-4-6-16-7-8-18(19(13-16)23-3)24-15-17(22)14-21-11-9-20(5-2)10-12-21;;/h4,6-8,13,17,22H,5,9-12,14-15H2,1-3H3;2*1H/b6-4+;;. The van der Waals surface area contributed by atoms with Crippen molar-refractivity contribution < 1.29 is 14.6 Å². The summed E-state index contributed by atoms with van der Waals surface area (Å²) < 4.78 is 11.2. The predicted molar refractivity (Wildman–Crippen MR) is 112 cm³/mol. The topological polar surface area (TPSA) is 45.2 Å². The van der Waals surface area contributed by atoms with Crippen LogP contribution in [0.4, 0.5) is 0 Å². The Labute approximate surface area is 169 Å². The first-order valence-electron chi connectivity index (χ1n) is 8.72. The molecule has 26 heavy (non-hydrogen) atoms. The van der Waals surface area contributed by atoms with E-state index < -0.39 is 6.10 Å². The number of likely N-dealkylation sites (N-methyl/N-ethyl adjacent to an activating group) is 1. The van der Waals surface area contributed by atoms with Crippen LogP contribution in [-0.2, 0) is 0 Å². The van der Waals surface area contributed by atoms with Crippen LogP contribution >= 0.6 is 24.8 Å². The molecule has 5 nitrogen and oxygen atoms in total. The Kier molecular flexibility index (Phi) is 12.7. The molecular formula is C19H32Cl2N2O3. The highest BCUT2D eigenvalue weighted by atomic mass is 35.5. The van der Waals surface area contributed by atoms with Gasteiger partial charge in [-0.05, 0) is 31.2 Å². The van der Waals surface area contributed by atoms with E-state index in [0.29, 0.717) is 18.0 Å². The van der Waals surface area contributed by atoms with Crippen LogP contribution in [0.1, 0.15) is 19.4 Å². The summed E-state index contributed by atoms with van der Waals surface area (Å²) in [6, 6.07) is 5.81. The fourth-order valence-corrected chi connectivity index (χ4v) is 2.92. The molecule has 1 fully saturated rings. The number of ether oxygens (including phenoxy) is 2. The van der Waals surface area contributed by atoms with Crippen molar-refractivity contribution >= 4 is 30.9 Å². The third-order valence-corrected chi connectivity index (χ3v) is 4.36. The highest BCUT2D eigenvalue weighted by Crippen LogP contribution is 2.28. The zero-order valence-corrected chi connectivity index (χ0v) is 17.5. The van der Waals surface area contributed by atoms with Crippen LogP contribution in [0.5, 0.6) is 11.5 Å². The number of rotatable bonds is 8. The minimum Gasteiger partial charge on any atom is -0.493 e. The quantitative estimate of drug-likeness (QED) is 0.718. The van der Waals surface area contributed by atoms with Gasteiger partial charge in [0.1, 0.15) is 12.7 Å². The fourth-order valence-electron chi connectivity index (χ4n) is 2.92. The smallest absolute Gasteiger partial charge is 0.161 e. The summed E-state index contributed by atoms with van der Waals surface area (Å²) in [6.45, 7) is 10.3. The van der Waals surface area contributed by atoms with Crippen molar-refractivity contribution in [2.75, 3.05) is 53.0 Å². The van der Waals surface area contributed by atoms with Gasteiger partial charge in [-0.2, -0.15) is 0 Å². The summed E-state index contributed by atoms with van der Waals surface area (Å²) in [5.41, 5.74) is 1.07. The minimum absolute atomic E-state index is 0. The normalized spacial score (nSPS) is 16.6. The molecule has 1 N–H and O–H groups in total. The van der Waals surface area contributed by atoms with Gasteiger partial charge in [-0.1, -0.05) is 25.1 Å². The SMILES string of the molecule is C/C=C/c1ccc(OCC(O)CN2CCN(CC)CC2)c(OC)c1.Cl.Cl. The van der Waals surface area contributed by atoms with E-state index in [0.717, 1.165) is 38.3 Å². The number of halogens is 2. The van der Waals surface area contributed by atoms with Crippen molar-refractivity contribution in [1.82, 2.24) is 9.80 Å². The molecule has 0 radical (unpaired) electrons. The molecule has 0 aliphatic carbocycles. The van der Waals surface area contributed by atoms with Crippen LogP contribution in [0.15, 0.2) is 24.3 Å². The van der Waals surface area contributed by atoms with E-state index in [1.807, 2.05) is 37.3 Å². The molecule has 2 rings (SSSR count). The largest absolute Gasteiger partial charge is 0.493 e. The lowest BCUT2D eigenvalue weighted by atomic mass is 10.2. The number of hydrogen-bond donors (Lipinski definition) is 1. The first-order valence-corrected chi connectivity index (χ1v) is 8.72. The van der Waals surface area contributed by atoms with Crippen LogP contribution in [-0.4, -0.2) is 74.0 Å². The maximum absolute atomic E-state index is 10.3. The molecule has 1 aromatic rings. The molecule has 1 atom stereocenters. The second-order valence-corrected chi connectivity index (χ2v) is 6.11. The van der Waals surface area contributed by atoms with Gasteiger partial charge in [0.2, 0.25) is 0 Å². The molecule has 7 heteroatoms. The van der Waals surface area contributed by atoms with Gasteiger partial charge in [0.15, 0.2) is 11.5 Å². The predicted octanol–water partition coefficient (Wildman–Crippen LogP) is 2.95. The molecule has 0 bridgehead atoms. The van der Waals surface area contributed by atoms with E-state index in [4.69, 9.17) is 9.47 Å². The Morgan fingerprint density at radius 1 is 1.12 bits per heavy atom. The molecular weight excluding hydrogens is 375 g/mol. The van der Waals surface area contributed by atoms with Crippen molar-refractivity contribution in [2.24, 2.45) is 0 Å². The molecule has 150 valence electrons.